The standard InChI is InChI=1S/C30H37IO4/c1-4-19-15-25-22-9-11-29(33)17-30(34-13-14-35-30)12-10-24(29)26(22)23(20-5-7-21(31)8-6-20)16-28(25,3)27(19)18(2)32/h4-8,19,22-23,25,27,33H,1,9-17H2,2-3H3/t19-,22?,23-,25?,27?,28+,29-/m1/s1. The Hall–Kier alpha value is -1.02. The van der Waals surface area contributed by atoms with Gasteiger partial charge in [-0.2, -0.15) is 0 Å². The van der Waals surface area contributed by atoms with Gasteiger partial charge in [-0.1, -0.05) is 30.7 Å². The molecule has 0 aromatic heterocycles. The minimum atomic E-state index is -0.861. The number of Topliss-reactive ketones (excluding diaryl/α,β-unsaturated/α-hetero) is 1. The van der Waals surface area contributed by atoms with Crippen molar-refractivity contribution in [3.05, 3.63) is 57.2 Å². The summed E-state index contributed by atoms with van der Waals surface area (Å²) < 4.78 is 13.3. The Morgan fingerprint density at radius 2 is 1.91 bits per heavy atom. The van der Waals surface area contributed by atoms with E-state index in [4.69, 9.17) is 9.47 Å². The van der Waals surface area contributed by atoms with Crippen LogP contribution in [0.25, 0.3) is 0 Å². The zero-order valence-electron chi connectivity index (χ0n) is 20.9. The van der Waals surface area contributed by atoms with Crippen molar-refractivity contribution in [1.29, 1.82) is 0 Å². The van der Waals surface area contributed by atoms with E-state index in [9.17, 15) is 9.90 Å². The summed E-state index contributed by atoms with van der Waals surface area (Å²) in [6.45, 7) is 9.54. The van der Waals surface area contributed by atoms with Crippen LogP contribution in [0, 0.1) is 32.7 Å². The zero-order valence-corrected chi connectivity index (χ0v) is 23.1. The van der Waals surface area contributed by atoms with Gasteiger partial charge in [0.05, 0.1) is 18.8 Å². The van der Waals surface area contributed by atoms with Crippen molar-refractivity contribution >= 4 is 28.4 Å². The van der Waals surface area contributed by atoms with Gasteiger partial charge in [-0.3, -0.25) is 4.79 Å². The largest absolute Gasteiger partial charge is 0.385 e. The molecule has 1 spiro atoms. The summed E-state index contributed by atoms with van der Waals surface area (Å²) in [4.78, 5) is 13.0. The van der Waals surface area contributed by atoms with Gasteiger partial charge in [0.25, 0.3) is 0 Å². The van der Waals surface area contributed by atoms with Gasteiger partial charge in [0.2, 0.25) is 0 Å². The molecule has 0 radical (unpaired) electrons. The maximum atomic E-state index is 13.0. The number of rotatable bonds is 3. The molecule has 35 heavy (non-hydrogen) atoms. The average Bonchev–Trinajstić information content (AvgIpc) is 3.39. The molecule has 4 nitrogen and oxygen atoms in total. The molecule has 3 unspecified atom stereocenters. The number of halogens is 1. The average molecular weight is 589 g/mol. The third kappa shape index (κ3) is 3.66. The van der Waals surface area contributed by atoms with Crippen LogP contribution >= 0.6 is 22.6 Å². The van der Waals surface area contributed by atoms with E-state index in [2.05, 4.69) is 60.4 Å². The minimum Gasteiger partial charge on any atom is -0.385 e. The number of hydrogen-bond acceptors (Lipinski definition) is 4. The monoisotopic (exact) mass is 588 g/mol. The maximum Gasteiger partial charge on any atom is 0.171 e. The van der Waals surface area contributed by atoms with Gasteiger partial charge in [-0.25, -0.2) is 0 Å². The SMILES string of the molecule is C=C[C@@H]1CC2C3CC[C@@]4(O)CC5(CCC4=C3[C@@H](c3ccc(I)cc3)C[C@]2(C)C1C(C)=O)OCCO5. The molecule has 1 N–H and O–H groups in total. The first kappa shape index (κ1) is 24.3. The van der Waals surface area contributed by atoms with Crippen LogP contribution in [0.15, 0.2) is 48.1 Å². The minimum absolute atomic E-state index is 0.0265. The van der Waals surface area contributed by atoms with E-state index < -0.39 is 11.4 Å². The summed E-state index contributed by atoms with van der Waals surface area (Å²) in [5, 5.41) is 12.1. The predicted octanol–water partition coefficient (Wildman–Crippen LogP) is 6.18. The van der Waals surface area contributed by atoms with Gasteiger partial charge in [0.1, 0.15) is 5.78 Å². The number of carbonyl (C=O) groups is 1. The van der Waals surface area contributed by atoms with E-state index in [1.54, 1.807) is 6.92 Å². The van der Waals surface area contributed by atoms with Crippen molar-refractivity contribution in [2.75, 3.05) is 13.2 Å². The molecule has 4 fully saturated rings. The van der Waals surface area contributed by atoms with Gasteiger partial charge in [0.15, 0.2) is 5.79 Å². The Morgan fingerprint density at radius 1 is 1.20 bits per heavy atom. The third-order valence-electron chi connectivity index (χ3n) is 10.3. The Kier molecular flexibility index (Phi) is 5.91. The number of fused-ring (bicyclic) bond motifs is 4. The predicted molar refractivity (Wildman–Crippen MR) is 144 cm³/mol. The highest BCUT2D eigenvalue weighted by Gasteiger charge is 2.62. The van der Waals surface area contributed by atoms with Crippen LogP contribution < -0.4 is 0 Å². The Morgan fingerprint density at radius 3 is 2.57 bits per heavy atom. The normalized spacial score (nSPS) is 41.9. The molecule has 3 saturated carbocycles. The van der Waals surface area contributed by atoms with Crippen LogP contribution in [-0.4, -0.2) is 35.5 Å². The van der Waals surface area contributed by atoms with Crippen LogP contribution in [0.1, 0.15) is 70.3 Å². The fourth-order valence-electron chi connectivity index (χ4n) is 9.11. The van der Waals surface area contributed by atoms with Gasteiger partial charge in [-0.15, -0.1) is 6.58 Å². The molecule has 6 rings (SSSR count). The first-order valence-electron chi connectivity index (χ1n) is 13.3. The van der Waals surface area contributed by atoms with Gasteiger partial charge in [0, 0.05) is 28.2 Å². The van der Waals surface area contributed by atoms with Crippen molar-refractivity contribution < 1.29 is 19.4 Å². The number of hydrogen-bond donors (Lipinski definition) is 1. The number of allylic oxidation sites excluding steroid dienone is 2. The number of ether oxygens (including phenoxy) is 2. The van der Waals surface area contributed by atoms with Crippen LogP contribution in [0.4, 0.5) is 0 Å². The molecule has 1 aromatic carbocycles. The molecule has 1 heterocycles. The van der Waals surface area contributed by atoms with E-state index >= 15 is 0 Å². The second-order valence-corrected chi connectivity index (χ2v) is 13.3. The van der Waals surface area contributed by atoms with E-state index in [-0.39, 0.29) is 23.2 Å². The molecular weight excluding hydrogens is 551 g/mol. The van der Waals surface area contributed by atoms with E-state index in [1.165, 1.54) is 20.3 Å². The lowest BCUT2D eigenvalue weighted by molar-refractivity contribution is -0.208. The molecule has 0 bridgehead atoms. The second-order valence-electron chi connectivity index (χ2n) is 12.0. The molecule has 188 valence electrons. The highest BCUT2D eigenvalue weighted by atomic mass is 127. The lowest BCUT2D eigenvalue weighted by Crippen LogP contribution is -2.53. The summed E-state index contributed by atoms with van der Waals surface area (Å²) in [7, 11) is 0. The van der Waals surface area contributed by atoms with E-state index in [0.29, 0.717) is 37.3 Å². The summed E-state index contributed by atoms with van der Waals surface area (Å²) >= 11 is 2.37. The molecule has 1 aromatic rings. The second kappa shape index (κ2) is 8.50. The van der Waals surface area contributed by atoms with Gasteiger partial charge < -0.3 is 14.6 Å². The molecular formula is C30H37IO4. The third-order valence-corrected chi connectivity index (χ3v) is 11.1. The molecule has 5 heteroatoms. The van der Waals surface area contributed by atoms with Gasteiger partial charge in [-0.05, 0) is 108 Å². The smallest absolute Gasteiger partial charge is 0.171 e. The van der Waals surface area contributed by atoms with Crippen molar-refractivity contribution in [2.45, 2.75) is 76.1 Å². The summed E-state index contributed by atoms with van der Waals surface area (Å²) in [6.07, 6.45) is 7.91. The first-order valence-corrected chi connectivity index (χ1v) is 14.4. The van der Waals surface area contributed by atoms with E-state index in [1.807, 2.05) is 6.08 Å². The lowest BCUT2D eigenvalue weighted by atomic mass is 9.50. The van der Waals surface area contributed by atoms with Crippen LogP contribution in [0.3, 0.4) is 0 Å². The Balaban J connectivity index is 1.49. The van der Waals surface area contributed by atoms with Crippen molar-refractivity contribution in [3.8, 4) is 0 Å². The van der Waals surface area contributed by atoms with Crippen LogP contribution in [0.2, 0.25) is 0 Å². The molecule has 4 aliphatic carbocycles. The van der Waals surface area contributed by atoms with Crippen molar-refractivity contribution in [1.82, 2.24) is 0 Å². The zero-order chi connectivity index (χ0) is 24.6. The lowest BCUT2D eigenvalue weighted by Gasteiger charge is -2.56. The first-order chi connectivity index (χ1) is 16.7. The summed E-state index contributed by atoms with van der Waals surface area (Å²) in [6, 6.07) is 8.92. The van der Waals surface area contributed by atoms with Gasteiger partial charge >= 0.3 is 0 Å². The molecule has 5 aliphatic rings. The van der Waals surface area contributed by atoms with Crippen LogP contribution in [-0.2, 0) is 14.3 Å². The maximum absolute atomic E-state index is 13.0. The number of carbonyl (C=O) groups excluding carboxylic acids is 1. The number of ketones is 1. The molecule has 1 saturated heterocycles. The summed E-state index contributed by atoms with van der Waals surface area (Å²) in [5.74, 6) is 1.03. The quantitative estimate of drug-likeness (QED) is 0.339. The Bertz CT molecular complexity index is 1070. The fourth-order valence-corrected chi connectivity index (χ4v) is 9.47. The van der Waals surface area contributed by atoms with Crippen molar-refractivity contribution in [3.63, 3.8) is 0 Å². The van der Waals surface area contributed by atoms with Crippen molar-refractivity contribution in [2.24, 2.45) is 29.1 Å². The summed E-state index contributed by atoms with van der Waals surface area (Å²) in [5.41, 5.74) is 3.13. The molecule has 1 aliphatic heterocycles. The molecule has 7 atom stereocenters. The Labute approximate surface area is 222 Å². The highest BCUT2D eigenvalue weighted by molar-refractivity contribution is 14.1. The topological polar surface area (TPSA) is 55.8 Å². The fraction of sp³-hybridized carbons (Fsp3) is 0.633. The van der Waals surface area contributed by atoms with Crippen LogP contribution in [0.5, 0.6) is 0 Å². The number of benzene rings is 1. The number of aliphatic hydroxyl groups is 1. The highest BCUT2D eigenvalue weighted by Crippen LogP contribution is 2.68. The van der Waals surface area contributed by atoms with E-state index in [0.717, 1.165) is 38.5 Å². The molecule has 0 amide bonds.